The Morgan fingerprint density at radius 3 is 2.50 bits per heavy atom. The maximum atomic E-state index is 11.3. The normalized spacial score (nSPS) is 14.5. The van der Waals surface area contributed by atoms with Crippen molar-refractivity contribution in [3.05, 3.63) is 0 Å². The van der Waals surface area contributed by atoms with Crippen molar-refractivity contribution in [2.24, 2.45) is 0 Å². The third-order valence-corrected chi connectivity index (χ3v) is 2.70. The molecule has 0 aromatic rings. The zero-order chi connectivity index (χ0) is 12.4. The Bertz CT molecular complexity index is 180. The molecule has 96 valence electrons. The van der Waals surface area contributed by atoms with Crippen LogP contribution in [0.2, 0.25) is 0 Å². The van der Waals surface area contributed by atoms with Crippen LogP contribution in [0.1, 0.15) is 65.7 Å². The first-order valence-electron chi connectivity index (χ1n) is 6.47. The zero-order valence-electron chi connectivity index (χ0n) is 10.9. The highest BCUT2D eigenvalue weighted by Gasteiger charge is 2.13. The van der Waals surface area contributed by atoms with Gasteiger partial charge in [-0.25, -0.2) is 0 Å². The number of carbonyl (C=O) groups excluding carboxylic acids is 1. The summed E-state index contributed by atoms with van der Waals surface area (Å²) in [5, 5.41) is 9.60. The summed E-state index contributed by atoms with van der Waals surface area (Å²) in [5.41, 5.74) is 0. The van der Waals surface area contributed by atoms with Crippen LogP contribution in [0, 0.1) is 0 Å². The molecule has 0 aromatic heterocycles. The highest BCUT2D eigenvalue weighted by Crippen LogP contribution is 2.09. The van der Waals surface area contributed by atoms with Crippen LogP contribution in [0.15, 0.2) is 0 Å². The monoisotopic (exact) mass is 230 g/mol. The summed E-state index contributed by atoms with van der Waals surface area (Å²) in [5.74, 6) is -0.280. The van der Waals surface area contributed by atoms with Crippen molar-refractivity contribution in [3.63, 3.8) is 0 Å². The van der Waals surface area contributed by atoms with Crippen molar-refractivity contribution >= 4 is 5.97 Å². The lowest BCUT2D eigenvalue weighted by atomic mass is 10.1. The number of ether oxygens (including phenoxy) is 1. The Balaban J connectivity index is 3.54. The number of carbonyl (C=O) groups is 1. The lowest BCUT2D eigenvalue weighted by molar-refractivity contribution is -0.150. The van der Waals surface area contributed by atoms with Crippen molar-refractivity contribution in [1.29, 1.82) is 0 Å². The molecule has 0 heterocycles. The minimum absolute atomic E-state index is 0.0419. The molecule has 0 fully saturated rings. The number of aliphatic hydroxyl groups is 1. The summed E-state index contributed by atoms with van der Waals surface area (Å²) in [6.45, 7) is 5.99. The number of hydrogen-bond acceptors (Lipinski definition) is 3. The summed E-state index contributed by atoms with van der Waals surface area (Å²) < 4.78 is 5.10. The van der Waals surface area contributed by atoms with Crippen LogP contribution < -0.4 is 0 Å². The fourth-order valence-corrected chi connectivity index (χ4v) is 1.46. The van der Waals surface area contributed by atoms with E-state index in [1.54, 1.807) is 0 Å². The molecular weight excluding hydrogens is 204 g/mol. The summed E-state index contributed by atoms with van der Waals surface area (Å²) >= 11 is 0. The predicted octanol–water partition coefficient (Wildman–Crippen LogP) is 3.05. The predicted molar refractivity (Wildman–Crippen MR) is 65.2 cm³/mol. The van der Waals surface area contributed by atoms with Crippen LogP contribution in [-0.4, -0.2) is 23.3 Å². The Kier molecular flexibility index (Phi) is 9.30. The molecule has 0 bridgehead atoms. The molecule has 0 rings (SSSR count). The molecular formula is C13H26O3. The Hall–Kier alpha value is -0.570. The largest absolute Gasteiger partial charge is 0.463 e. The summed E-state index contributed by atoms with van der Waals surface area (Å²) in [6.07, 6.45) is 5.59. The van der Waals surface area contributed by atoms with Gasteiger partial charge in [0.05, 0.1) is 18.6 Å². The molecule has 16 heavy (non-hydrogen) atoms. The van der Waals surface area contributed by atoms with Gasteiger partial charge in [0.15, 0.2) is 0 Å². The van der Waals surface area contributed by atoms with Crippen LogP contribution in [0.25, 0.3) is 0 Å². The van der Waals surface area contributed by atoms with Crippen LogP contribution in [0.5, 0.6) is 0 Å². The second-order valence-corrected chi connectivity index (χ2v) is 4.42. The molecule has 0 aliphatic carbocycles. The molecule has 3 nitrogen and oxygen atoms in total. The topological polar surface area (TPSA) is 46.5 Å². The third kappa shape index (κ3) is 8.72. The number of unbranched alkanes of at least 4 members (excludes halogenated alkanes) is 3. The second-order valence-electron chi connectivity index (χ2n) is 4.42. The van der Waals surface area contributed by atoms with E-state index in [1.807, 2.05) is 13.8 Å². The van der Waals surface area contributed by atoms with E-state index in [1.165, 1.54) is 12.8 Å². The van der Waals surface area contributed by atoms with Crippen molar-refractivity contribution in [2.45, 2.75) is 77.9 Å². The molecule has 2 atom stereocenters. The maximum absolute atomic E-state index is 11.3. The van der Waals surface area contributed by atoms with Crippen LogP contribution in [0.3, 0.4) is 0 Å². The summed E-state index contributed by atoms with van der Waals surface area (Å²) in [4.78, 5) is 11.3. The number of aliphatic hydroxyl groups excluding tert-OH is 1. The van der Waals surface area contributed by atoms with Gasteiger partial charge in [0.25, 0.3) is 0 Å². The van der Waals surface area contributed by atoms with E-state index in [4.69, 9.17) is 4.74 Å². The van der Waals surface area contributed by atoms with E-state index >= 15 is 0 Å². The van der Waals surface area contributed by atoms with E-state index < -0.39 is 6.10 Å². The lowest BCUT2D eigenvalue weighted by Gasteiger charge is -2.13. The SMILES string of the molecule is CCCCCCC(O)CC(=O)OC(C)CC. The van der Waals surface area contributed by atoms with Gasteiger partial charge in [0.2, 0.25) is 0 Å². The van der Waals surface area contributed by atoms with E-state index in [0.717, 1.165) is 19.3 Å². The van der Waals surface area contributed by atoms with Gasteiger partial charge in [-0.1, -0.05) is 39.5 Å². The minimum Gasteiger partial charge on any atom is -0.463 e. The highest BCUT2D eigenvalue weighted by atomic mass is 16.5. The first-order valence-corrected chi connectivity index (χ1v) is 6.47. The molecule has 2 unspecified atom stereocenters. The van der Waals surface area contributed by atoms with Gasteiger partial charge < -0.3 is 9.84 Å². The molecule has 0 amide bonds. The van der Waals surface area contributed by atoms with E-state index in [0.29, 0.717) is 6.42 Å². The van der Waals surface area contributed by atoms with Gasteiger partial charge in [0, 0.05) is 0 Å². The quantitative estimate of drug-likeness (QED) is 0.489. The average Bonchev–Trinajstić information content (AvgIpc) is 2.24. The average molecular weight is 230 g/mol. The summed E-state index contributed by atoms with van der Waals surface area (Å²) in [6, 6.07) is 0. The van der Waals surface area contributed by atoms with E-state index in [2.05, 4.69) is 6.92 Å². The van der Waals surface area contributed by atoms with E-state index in [9.17, 15) is 9.90 Å². The third-order valence-electron chi connectivity index (χ3n) is 2.70. The second kappa shape index (κ2) is 9.64. The van der Waals surface area contributed by atoms with Gasteiger partial charge in [-0.3, -0.25) is 4.79 Å². The highest BCUT2D eigenvalue weighted by molar-refractivity contribution is 5.70. The Morgan fingerprint density at radius 1 is 1.25 bits per heavy atom. The fraction of sp³-hybridized carbons (Fsp3) is 0.923. The molecule has 0 saturated heterocycles. The smallest absolute Gasteiger partial charge is 0.308 e. The van der Waals surface area contributed by atoms with Crippen LogP contribution in [-0.2, 0) is 9.53 Å². The van der Waals surface area contributed by atoms with Crippen molar-refractivity contribution < 1.29 is 14.6 Å². The van der Waals surface area contributed by atoms with Crippen molar-refractivity contribution in [2.75, 3.05) is 0 Å². The van der Waals surface area contributed by atoms with Crippen LogP contribution in [0.4, 0.5) is 0 Å². The number of rotatable bonds is 9. The van der Waals surface area contributed by atoms with Gasteiger partial charge in [-0.2, -0.15) is 0 Å². The van der Waals surface area contributed by atoms with Gasteiger partial charge >= 0.3 is 5.97 Å². The Morgan fingerprint density at radius 2 is 1.94 bits per heavy atom. The van der Waals surface area contributed by atoms with Gasteiger partial charge in [0.1, 0.15) is 0 Å². The summed E-state index contributed by atoms with van der Waals surface area (Å²) in [7, 11) is 0. The van der Waals surface area contributed by atoms with Gasteiger partial charge in [-0.05, 0) is 19.8 Å². The minimum atomic E-state index is -0.534. The first kappa shape index (κ1) is 15.4. The standard InChI is InChI=1S/C13H26O3/c1-4-6-7-8-9-12(14)10-13(15)16-11(3)5-2/h11-12,14H,4-10H2,1-3H3. The fourth-order valence-electron chi connectivity index (χ4n) is 1.46. The molecule has 0 aliphatic heterocycles. The Labute approximate surface area is 99.2 Å². The number of esters is 1. The molecule has 0 aliphatic rings. The molecule has 1 N–H and O–H groups in total. The zero-order valence-corrected chi connectivity index (χ0v) is 10.9. The molecule has 0 aromatic carbocycles. The van der Waals surface area contributed by atoms with E-state index in [-0.39, 0.29) is 18.5 Å². The van der Waals surface area contributed by atoms with Gasteiger partial charge in [-0.15, -0.1) is 0 Å². The van der Waals surface area contributed by atoms with Crippen molar-refractivity contribution in [3.8, 4) is 0 Å². The first-order chi connectivity index (χ1) is 7.60. The molecule has 0 radical (unpaired) electrons. The van der Waals surface area contributed by atoms with Crippen LogP contribution >= 0.6 is 0 Å². The number of hydrogen-bond donors (Lipinski definition) is 1. The van der Waals surface area contributed by atoms with Crippen molar-refractivity contribution in [1.82, 2.24) is 0 Å². The maximum Gasteiger partial charge on any atom is 0.308 e. The molecule has 3 heteroatoms. The molecule has 0 spiro atoms. The molecule has 0 saturated carbocycles. The lowest BCUT2D eigenvalue weighted by Crippen LogP contribution is -2.19.